The van der Waals surface area contributed by atoms with Crippen molar-refractivity contribution in [1.82, 2.24) is 9.55 Å². The highest BCUT2D eigenvalue weighted by atomic mass is 16.3. The van der Waals surface area contributed by atoms with E-state index in [1.54, 1.807) is 12.1 Å². The molecule has 36 heavy (non-hydrogen) atoms. The van der Waals surface area contributed by atoms with E-state index >= 15 is 0 Å². The fourth-order valence-electron chi connectivity index (χ4n) is 5.53. The summed E-state index contributed by atoms with van der Waals surface area (Å²) in [4.78, 5) is 16.7. The smallest absolute Gasteiger partial charge is 0.259 e. The fraction of sp³-hybridized carbons (Fsp3) is 0.0645. The van der Waals surface area contributed by atoms with Crippen LogP contribution in [-0.2, 0) is 6.54 Å². The second kappa shape index (κ2) is 7.62. The molecule has 0 spiro atoms. The highest BCUT2D eigenvalue weighted by Crippen LogP contribution is 2.35. The molecule has 5 aromatic carbocycles. The minimum Gasteiger partial charge on any atom is -0.507 e. The van der Waals surface area contributed by atoms with E-state index < -0.39 is 0 Å². The minimum absolute atomic E-state index is 0.0465. The van der Waals surface area contributed by atoms with E-state index in [-0.39, 0.29) is 17.2 Å². The maximum atomic E-state index is 13.3. The zero-order chi connectivity index (χ0) is 24.4. The molecule has 0 fully saturated rings. The molecule has 7 rings (SSSR count). The number of anilines is 1. The van der Waals surface area contributed by atoms with Crippen LogP contribution in [0.15, 0.2) is 91.0 Å². The zero-order valence-electron chi connectivity index (χ0n) is 19.7. The molecule has 0 aliphatic carbocycles. The van der Waals surface area contributed by atoms with E-state index in [9.17, 15) is 9.90 Å². The molecule has 5 nitrogen and oxygen atoms in total. The minimum atomic E-state index is -0.343. The van der Waals surface area contributed by atoms with Crippen molar-refractivity contribution in [3.8, 4) is 5.75 Å². The normalized spacial score (nSPS) is 11.8. The van der Waals surface area contributed by atoms with Crippen molar-refractivity contribution in [2.45, 2.75) is 13.5 Å². The maximum absolute atomic E-state index is 13.3. The first-order valence-corrected chi connectivity index (χ1v) is 12.1. The Morgan fingerprint density at radius 2 is 1.58 bits per heavy atom. The average Bonchev–Trinajstić information content (AvgIpc) is 3.44. The van der Waals surface area contributed by atoms with Crippen molar-refractivity contribution >= 4 is 66.0 Å². The number of para-hydroxylation sites is 2. The molecular weight excluding hydrogens is 446 g/mol. The maximum Gasteiger partial charge on any atom is 0.259 e. The summed E-state index contributed by atoms with van der Waals surface area (Å²) in [6, 6.07) is 29.9. The molecule has 0 aliphatic heterocycles. The van der Waals surface area contributed by atoms with Crippen LogP contribution in [0.4, 0.5) is 5.69 Å². The second-order valence-electron chi connectivity index (χ2n) is 9.20. The van der Waals surface area contributed by atoms with Gasteiger partial charge < -0.3 is 20.0 Å². The van der Waals surface area contributed by atoms with E-state index in [1.165, 1.54) is 5.52 Å². The van der Waals surface area contributed by atoms with Gasteiger partial charge in [0.2, 0.25) is 0 Å². The monoisotopic (exact) mass is 469 g/mol. The van der Waals surface area contributed by atoms with Crippen molar-refractivity contribution in [2.24, 2.45) is 0 Å². The molecule has 0 aliphatic rings. The Morgan fingerprint density at radius 3 is 2.44 bits per heavy atom. The first kappa shape index (κ1) is 20.6. The van der Waals surface area contributed by atoms with Gasteiger partial charge in [0.1, 0.15) is 5.75 Å². The molecule has 0 atom stereocenters. The van der Waals surface area contributed by atoms with Gasteiger partial charge in [0, 0.05) is 55.7 Å². The predicted octanol–water partition coefficient (Wildman–Crippen LogP) is 7.56. The number of benzene rings is 5. The molecule has 2 aromatic heterocycles. The molecular formula is C31H23N3O2. The number of fused-ring (bicyclic) bond motifs is 8. The lowest BCUT2D eigenvalue weighted by Crippen LogP contribution is -2.12. The number of aromatic hydroxyl groups is 1. The van der Waals surface area contributed by atoms with Crippen LogP contribution in [0.1, 0.15) is 17.3 Å². The molecule has 0 radical (unpaired) electrons. The lowest BCUT2D eigenvalue weighted by molar-refractivity contribution is 0.102. The van der Waals surface area contributed by atoms with Crippen LogP contribution in [-0.4, -0.2) is 20.6 Å². The van der Waals surface area contributed by atoms with Crippen LogP contribution in [0.3, 0.4) is 0 Å². The second-order valence-corrected chi connectivity index (χ2v) is 9.20. The number of hydrogen-bond acceptors (Lipinski definition) is 2. The van der Waals surface area contributed by atoms with Crippen LogP contribution >= 0.6 is 0 Å². The number of aryl methyl sites for hydroxylation is 1. The van der Waals surface area contributed by atoms with Crippen LogP contribution in [0.25, 0.3) is 54.4 Å². The summed E-state index contributed by atoms with van der Waals surface area (Å²) in [5.74, 6) is -0.389. The SMILES string of the molecule is CCn1c2ccccc2c2cc(NC(=O)c3cc4ccc5c6ccccc6[nH]c5c4cc3O)ccc21. The molecule has 1 amide bonds. The van der Waals surface area contributed by atoms with E-state index in [0.717, 1.165) is 55.4 Å². The number of aromatic amines is 1. The summed E-state index contributed by atoms with van der Waals surface area (Å²) in [6.45, 7) is 3.00. The molecule has 5 heteroatoms. The first-order chi connectivity index (χ1) is 17.6. The molecule has 0 unspecified atom stereocenters. The standard InChI is InChI=1S/C31H23N3O2/c1-2-34-27-10-6-4-8-21(27)24-16-19(12-14-28(24)34)32-31(36)25-15-18-11-13-22-20-7-3-5-9-26(20)33-30(22)23(18)17-29(25)35/h3-17,33,35H,2H2,1H3,(H,32,36). The van der Waals surface area contributed by atoms with E-state index in [2.05, 4.69) is 46.1 Å². The third kappa shape index (κ3) is 2.93. The highest BCUT2D eigenvalue weighted by molar-refractivity contribution is 6.19. The molecule has 3 N–H and O–H groups in total. The summed E-state index contributed by atoms with van der Waals surface area (Å²) < 4.78 is 2.27. The van der Waals surface area contributed by atoms with Crippen molar-refractivity contribution in [3.63, 3.8) is 0 Å². The van der Waals surface area contributed by atoms with Crippen LogP contribution in [0, 0.1) is 0 Å². The van der Waals surface area contributed by atoms with Gasteiger partial charge in [-0.3, -0.25) is 4.79 Å². The van der Waals surface area contributed by atoms with Gasteiger partial charge in [-0.15, -0.1) is 0 Å². The topological polar surface area (TPSA) is 70.0 Å². The Morgan fingerprint density at radius 1 is 0.806 bits per heavy atom. The van der Waals surface area contributed by atoms with Gasteiger partial charge in [0.05, 0.1) is 11.1 Å². The Hall–Kier alpha value is -4.77. The number of amides is 1. The number of aromatic nitrogens is 2. The molecule has 0 saturated heterocycles. The Kier molecular flexibility index (Phi) is 4.36. The van der Waals surface area contributed by atoms with Crippen molar-refractivity contribution < 1.29 is 9.90 Å². The summed E-state index contributed by atoms with van der Waals surface area (Å²) in [7, 11) is 0. The van der Waals surface area contributed by atoms with Gasteiger partial charge >= 0.3 is 0 Å². The van der Waals surface area contributed by atoms with Crippen LogP contribution in [0.5, 0.6) is 5.75 Å². The van der Waals surface area contributed by atoms with Crippen molar-refractivity contribution in [3.05, 3.63) is 96.6 Å². The van der Waals surface area contributed by atoms with E-state index in [4.69, 9.17) is 0 Å². The number of carbonyl (C=O) groups excluding carboxylic acids is 1. The van der Waals surface area contributed by atoms with Gasteiger partial charge in [-0.05, 0) is 54.8 Å². The predicted molar refractivity (Wildman–Crippen MR) is 148 cm³/mol. The van der Waals surface area contributed by atoms with Crippen molar-refractivity contribution in [2.75, 3.05) is 5.32 Å². The van der Waals surface area contributed by atoms with E-state index in [0.29, 0.717) is 5.69 Å². The third-order valence-electron chi connectivity index (χ3n) is 7.20. The number of phenolic OH excluding ortho intramolecular Hbond substituents is 1. The largest absolute Gasteiger partial charge is 0.507 e. The van der Waals surface area contributed by atoms with Crippen LogP contribution < -0.4 is 5.32 Å². The molecule has 2 heterocycles. The number of nitrogens with zero attached hydrogens (tertiary/aromatic N) is 1. The number of phenols is 1. The summed E-state index contributed by atoms with van der Waals surface area (Å²) in [6.07, 6.45) is 0. The molecule has 7 aromatic rings. The van der Waals surface area contributed by atoms with Gasteiger partial charge in [0.25, 0.3) is 5.91 Å². The molecule has 174 valence electrons. The quantitative estimate of drug-likeness (QED) is 0.250. The average molecular weight is 470 g/mol. The Balaban J connectivity index is 1.30. The van der Waals surface area contributed by atoms with Crippen molar-refractivity contribution in [1.29, 1.82) is 0 Å². The van der Waals surface area contributed by atoms with Gasteiger partial charge in [-0.1, -0.05) is 48.5 Å². The lowest BCUT2D eigenvalue weighted by Gasteiger charge is -2.10. The third-order valence-corrected chi connectivity index (χ3v) is 7.20. The Labute approximate surface area is 206 Å². The Bertz CT molecular complexity index is 1990. The van der Waals surface area contributed by atoms with E-state index in [1.807, 2.05) is 54.6 Å². The number of carbonyl (C=O) groups is 1. The summed E-state index contributed by atoms with van der Waals surface area (Å²) >= 11 is 0. The fourth-order valence-corrected chi connectivity index (χ4v) is 5.53. The van der Waals surface area contributed by atoms with Crippen LogP contribution in [0.2, 0.25) is 0 Å². The summed E-state index contributed by atoms with van der Waals surface area (Å²) in [5.41, 5.74) is 5.24. The summed E-state index contributed by atoms with van der Waals surface area (Å²) in [5, 5.41) is 20.1. The van der Waals surface area contributed by atoms with Gasteiger partial charge in [0.15, 0.2) is 0 Å². The molecule has 0 bridgehead atoms. The number of nitrogens with one attached hydrogen (secondary N) is 2. The highest BCUT2D eigenvalue weighted by Gasteiger charge is 2.17. The number of rotatable bonds is 3. The lowest BCUT2D eigenvalue weighted by atomic mass is 10.0. The number of hydrogen-bond donors (Lipinski definition) is 3. The van der Waals surface area contributed by atoms with Gasteiger partial charge in [-0.2, -0.15) is 0 Å². The zero-order valence-corrected chi connectivity index (χ0v) is 19.7. The first-order valence-electron chi connectivity index (χ1n) is 12.1. The van der Waals surface area contributed by atoms with Gasteiger partial charge in [-0.25, -0.2) is 0 Å². The molecule has 0 saturated carbocycles. The number of H-pyrrole nitrogens is 1.